The van der Waals surface area contributed by atoms with Crippen molar-refractivity contribution < 1.29 is 4.79 Å². The molecule has 0 spiro atoms. The third kappa shape index (κ3) is 3.74. The molecule has 1 aliphatic heterocycles. The molecule has 1 aromatic carbocycles. The number of carbonyl (C=O) groups is 1. The van der Waals surface area contributed by atoms with Crippen LogP contribution >= 0.6 is 23.1 Å². The first-order chi connectivity index (χ1) is 13.6. The summed E-state index contributed by atoms with van der Waals surface area (Å²) in [6, 6.07) is 6.30. The van der Waals surface area contributed by atoms with Crippen molar-refractivity contribution >= 4 is 46.5 Å². The molecule has 1 N–H and O–H groups in total. The van der Waals surface area contributed by atoms with E-state index < -0.39 is 0 Å². The van der Waals surface area contributed by atoms with Crippen molar-refractivity contribution in [1.29, 1.82) is 0 Å². The lowest BCUT2D eigenvalue weighted by molar-refractivity contribution is -0.112. The monoisotopic (exact) mass is 412 g/mol. The topological polar surface area (TPSA) is 32.3 Å². The van der Waals surface area contributed by atoms with Crippen molar-refractivity contribution in [2.45, 2.75) is 52.2 Å². The number of nitrogens with one attached hydrogen (secondary N) is 1. The fourth-order valence-corrected chi connectivity index (χ4v) is 6.66. The Bertz CT molecular complexity index is 925. The van der Waals surface area contributed by atoms with Crippen LogP contribution in [0.4, 0.5) is 11.4 Å². The average molecular weight is 413 g/mol. The molecule has 28 heavy (non-hydrogen) atoms. The summed E-state index contributed by atoms with van der Waals surface area (Å²) in [6.45, 7) is 8.36. The predicted molar refractivity (Wildman–Crippen MR) is 124 cm³/mol. The zero-order valence-corrected chi connectivity index (χ0v) is 18.6. The van der Waals surface area contributed by atoms with Crippen LogP contribution in [0, 0.1) is 6.92 Å². The largest absolute Gasteiger partial charge is 0.372 e. The third-order valence-corrected chi connectivity index (χ3v) is 8.09. The van der Waals surface area contributed by atoms with Crippen LogP contribution in [0.15, 0.2) is 23.1 Å². The van der Waals surface area contributed by atoms with Gasteiger partial charge < -0.3 is 10.2 Å². The molecule has 1 aliphatic carbocycles. The van der Waals surface area contributed by atoms with Gasteiger partial charge in [-0.2, -0.15) is 0 Å². The van der Waals surface area contributed by atoms with Gasteiger partial charge in [0.2, 0.25) is 0 Å². The number of hydrogen-bond acceptors (Lipinski definition) is 4. The average Bonchev–Trinajstić information content (AvgIpc) is 3.08. The van der Waals surface area contributed by atoms with Gasteiger partial charge >= 0.3 is 0 Å². The molecule has 4 rings (SSSR count). The number of hydrogen-bond donors (Lipinski definition) is 1. The Morgan fingerprint density at radius 1 is 1.14 bits per heavy atom. The van der Waals surface area contributed by atoms with Gasteiger partial charge in [0, 0.05) is 40.0 Å². The van der Waals surface area contributed by atoms with Gasteiger partial charge in [-0.05, 0) is 87.4 Å². The van der Waals surface area contributed by atoms with Crippen LogP contribution in [0.1, 0.15) is 53.1 Å². The van der Waals surface area contributed by atoms with Gasteiger partial charge in [-0.1, -0.05) is 0 Å². The molecular weight excluding hydrogens is 384 g/mol. The van der Waals surface area contributed by atoms with Crippen molar-refractivity contribution in [3.8, 4) is 0 Å². The second-order valence-electron chi connectivity index (χ2n) is 7.48. The summed E-state index contributed by atoms with van der Waals surface area (Å²) < 4.78 is 0. The normalized spacial score (nSPS) is 15.5. The fourth-order valence-electron chi connectivity index (χ4n) is 4.13. The summed E-state index contributed by atoms with van der Waals surface area (Å²) in [5.41, 5.74) is 6.28. The van der Waals surface area contributed by atoms with E-state index in [1.54, 1.807) is 22.2 Å². The molecule has 3 nitrogen and oxygen atoms in total. The van der Waals surface area contributed by atoms with Gasteiger partial charge in [0.25, 0.3) is 5.91 Å². The van der Waals surface area contributed by atoms with E-state index in [0.29, 0.717) is 0 Å². The maximum atomic E-state index is 12.9. The molecule has 0 saturated carbocycles. The first-order valence-electron chi connectivity index (χ1n) is 10.3. The Hall–Kier alpha value is -1.72. The zero-order valence-electron chi connectivity index (χ0n) is 16.9. The fraction of sp³-hybridized carbons (Fsp3) is 0.435. The highest BCUT2D eigenvalue weighted by atomic mass is 32.2. The first-order valence-corrected chi connectivity index (χ1v) is 12.1. The Morgan fingerprint density at radius 2 is 1.93 bits per heavy atom. The van der Waals surface area contributed by atoms with Gasteiger partial charge in [0.05, 0.1) is 4.91 Å². The lowest BCUT2D eigenvalue weighted by atomic mass is 9.95. The number of thiophene rings is 1. The second-order valence-corrected chi connectivity index (χ2v) is 9.63. The number of thioether (sulfide) groups is 1. The van der Waals surface area contributed by atoms with Crippen LogP contribution in [0.5, 0.6) is 0 Å². The van der Waals surface area contributed by atoms with Crippen LogP contribution < -0.4 is 10.2 Å². The summed E-state index contributed by atoms with van der Waals surface area (Å²) in [4.78, 5) is 18.9. The van der Waals surface area contributed by atoms with Gasteiger partial charge in [-0.25, -0.2) is 0 Å². The summed E-state index contributed by atoms with van der Waals surface area (Å²) in [6.07, 6.45) is 7.15. The SMILES string of the molecule is CCN(CC)c1ccc(NC(=O)C2=Cc3sc4c(c3CS2)CCCC4)c(C)c1. The highest BCUT2D eigenvalue weighted by Gasteiger charge is 2.25. The van der Waals surface area contributed by atoms with Gasteiger partial charge in [-0.3, -0.25) is 4.79 Å². The number of aryl methyl sites for hydroxylation is 2. The summed E-state index contributed by atoms with van der Waals surface area (Å²) in [5.74, 6) is 0.945. The van der Waals surface area contributed by atoms with Crippen LogP contribution in [-0.4, -0.2) is 19.0 Å². The maximum Gasteiger partial charge on any atom is 0.262 e. The van der Waals surface area contributed by atoms with Gasteiger partial charge in [-0.15, -0.1) is 23.1 Å². The number of rotatable bonds is 5. The minimum Gasteiger partial charge on any atom is -0.372 e. The van der Waals surface area contributed by atoms with E-state index in [-0.39, 0.29) is 5.91 Å². The van der Waals surface area contributed by atoms with E-state index in [2.05, 4.69) is 49.2 Å². The van der Waals surface area contributed by atoms with Crippen molar-refractivity contribution in [3.05, 3.63) is 49.5 Å². The summed E-state index contributed by atoms with van der Waals surface area (Å²) in [7, 11) is 0. The number of carbonyl (C=O) groups excluding carboxylic acids is 1. The molecular formula is C23H28N2OS2. The molecule has 2 aromatic rings. The molecule has 1 aromatic heterocycles. The quantitative estimate of drug-likeness (QED) is 0.653. The molecule has 2 heterocycles. The molecule has 0 saturated heterocycles. The minimum atomic E-state index is 0.0145. The van der Waals surface area contributed by atoms with Crippen molar-refractivity contribution in [2.75, 3.05) is 23.3 Å². The van der Waals surface area contributed by atoms with Crippen LogP contribution in [0.3, 0.4) is 0 Å². The molecule has 0 bridgehead atoms. The lowest BCUT2D eigenvalue weighted by Gasteiger charge is -2.22. The molecule has 0 atom stereocenters. The Morgan fingerprint density at radius 3 is 2.68 bits per heavy atom. The minimum absolute atomic E-state index is 0.0145. The first kappa shape index (κ1) is 19.6. The maximum absolute atomic E-state index is 12.9. The highest BCUT2D eigenvalue weighted by Crippen LogP contribution is 2.42. The Balaban J connectivity index is 1.52. The number of benzene rings is 1. The number of anilines is 2. The van der Waals surface area contributed by atoms with E-state index >= 15 is 0 Å². The smallest absolute Gasteiger partial charge is 0.262 e. The van der Waals surface area contributed by atoms with Crippen LogP contribution in [-0.2, 0) is 23.4 Å². The Kier molecular flexibility index (Phi) is 5.83. The standard InChI is InChI=1S/C23H28N2OS2/c1-4-25(5-2)16-10-11-19(15(3)12-16)24-23(26)22-13-21-18(14-27-22)17-8-6-7-9-20(17)28-21/h10-13H,4-9,14H2,1-3H3,(H,24,26). The molecule has 2 aliphatic rings. The van der Waals surface area contributed by atoms with Gasteiger partial charge in [0.15, 0.2) is 0 Å². The van der Waals surface area contributed by atoms with Gasteiger partial charge in [0.1, 0.15) is 0 Å². The number of fused-ring (bicyclic) bond motifs is 3. The lowest BCUT2D eigenvalue weighted by Crippen LogP contribution is -2.22. The van der Waals surface area contributed by atoms with Crippen molar-refractivity contribution in [2.24, 2.45) is 0 Å². The molecule has 0 unspecified atom stereocenters. The number of nitrogens with zero attached hydrogens (tertiary/aromatic N) is 1. The highest BCUT2D eigenvalue weighted by molar-refractivity contribution is 8.03. The molecule has 148 valence electrons. The molecule has 0 fully saturated rings. The predicted octanol–water partition coefficient (Wildman–Crippen LogP) is 6.01. The Labute approximate surface area is 176 Å². The zero-order chi connectivity index (χ0) is 19.7. The van der Waals surface area contributed by atoms with Crippen LogP contribution in [0.25, 0.3) is 6.08 Å². The molecule has 1 amide bonds. The third-order valence-electron chi connectivity index (χ3n) is 5.76. The summed E-state index contributed by atoms with van der Waals surface area (Å²) in [5, 5.41) is 3.13. The summed E-state index contributed by atoms with van der Waals surface area (Å²) >= 11 is 3.58. The number of amides is 1. The molecule has 0 radical (unpaired) electrons. The van der Waals surface area contributed by atoms with E-state index in [1.807, 2.05) is 17.4 Å². The van der Waals surface area contributed by atoms with Crippen LogP contribution in [0.2, 0.25) is 0 Å². The second kappa shape index (κ2) is 8.34. The van der Waals surface area contributed by atoms with E-state index in [4.69, 9.17) is 0 Å². The van der Waals surface area contributed by atoms with E-state index in [1.165, 1.54) is 41.8 Å². The van der Waals surface area contributed by atoms with E-state index in [9.17, 15) is 4.79 Å². The van der Waals surface area contributed by atoms with Crippen molar-refractivity contribution in [1.82, 2.24) is 0 Å². The molecule has 5 heteroatoms. The van der Waals surface area contributed by atoms with Crippen molar-refractivity contribution in [3.63, 3.8) is 0 Å². The van der Waals surface area contributed by atoms with E-state index in [0.717, 1.165) is 35.0 Å².